The van der Waals surface area contributed by atoms with E-state index in [1.165, 1.54) is 0 Å². The topological polar surface area (TPSA) is 20.9 Å². The van der Waals surface area contributed by atoms with Crippen molar-refractivity contribution in [2.24, 2.45) is 0 Å². The number of Topliss-reactive ketones (excluding diaryl/α,β-unsaturated/α-hetero) is 1. The van der Waals surface area contributed by atoms with Gasteiger partial charge < -0.3 is 0 Å². The fourth-order valence-corrected chi connectivity index (χ4v) is 2.17. The van der Waals surface area contributed by atoms with Gasteiger partial charge in [-0.3, -0.25) is 4.79 Å². The van der Waals surface area contributed by atoms with Crippen LogP contribution in [-0.2, 0) is 6.54 Å². The number of halogens is 1. The second-order valence-corrected chi connectivity index (χ2v) is 4.14. The first-order valence-corrected chi connectivity index (χ1v) is 5.72. The van der Waals surface area contributed by atoms with Crippen molar-refractivity contribution in [2.75, 3.05) is 0 Å². The average molecular weight is 299 g/mol. The molecule has 0 aliphatic heterocycles. The molecule has 0 spiro atoms. The van der Waals surface area contributed by atoms with Crippen LogP contribution in [0.15, 0.2) is 41.2 Å². The smallest absolute Gasteiger partial charge is 0.227 e. The highest BCUT2D eigenvalue weighted by Crippen LogP contribution is 2.02. The van der Waals surface area contributed by atoms with E-state index in [1.807, 2.05) is 52.7 Å². The number of hydrogen-bond acceptors (Lipinski definition) is 2. The maximum absolute atomic E-state index is 11.8. The van der Waals surface area contributed by atoms with Gasteiger partial charge in [-0.1, -0.05) is 41.7 Å². The molecule has 16 heavy (non-hydrogen) atoms. The maximum Gasteiger partial charge on any atom is 0.227 e. The van der Waals surface area contributed by atoms with Crippen molar-refractivity contribution in [3.05, 3.63) is 52.5 Å². The number of ketones is 1. The van der Waals surface area contributed by atoms with Gasteiger partial charge >= 0.3 is 0 Å². The van der Waals surface area contributed by atoms with Gasteiger partial charge in [-0.05, 0) is 0 Å². The molecule has 1 aromatic heterocycles. The molecule has 84 valence electrons. The number of aromatic nitrogens is 1. The molecule has 2 rings (SSSR count). The Morgan fingerprint density at radius 3 is 2.56 bits per heavy atom. The van der Waals surface area contributed by atoms with Crippen LogP contribution in [-0.4, -0.2) is 5.78 Å². The second kappa shape index (κ2) is 5.92. The molecule has 0 saturated carbocycles. The molecule has 0 unspecified atom stereocenters. The van der Waals surface area contributed by atoms with Gasteiger partial charge in [0.1, 0.15) is 0 Å². The zero-order chi connectivity index (χ0) is 10.7. The van der Waals surface area contributed by atoms with E-state index in [9.17, 15) is 4.79 Å². The van der Waals surface area contributed by atoms with Gasteiger partial charge in [0.25, 0.3) is 0 Å². The lowest BCUT2D eigenvalue weighted by Crippen LogP contribution is -2.38. The Morgan fingerprint density at radius 2 is 2.00 bits per heavy atom. The van der Waals surface area contributed by atoms with E-state index in [-0.39, 0.29) is 22.8 Å². The summed E-state index contributed by atoms with van der Waals surface area (Å²) in [6, 6.07) is 9.39. The largest absolute Gasteiger partial charge is 0.287 e. The molecule has 0 aliphatic carbocycles. The minimum Gasteiger partial charge on any atom is -0.287 e. The van der Waals surface area contributed by atoms with Crippen molar-refractivity contribution in [3.8, 4) is 0 Å². The van der Waals surface area contributed by atoms with Crippen LogP contribution in [0.1, 0.15) is 16.1 Å². The van der Waals surface area contributed by atoms with Crippen LogP contribution in [0.5, 0.6) is 0 Å². The number of aryl methyl sites for hydroxylation is 1. The van der Waals surface area contributed by atoms with E-state index in [2.05, 4.69) is 0 Å². The molecule has 2 nitrogen and oxygen atoms in total. The number of benzene rings is 1. The summed E-state index contributed by atoms with van der Waals surface area (Å²) in [6.07, 6.45) is 0. The molecule has 1 heterocycles. The van der Waals surface area contributed by atoms with Crippen LogP contribution in [0, 0.1) is 6.92 Å². The average Bonchev–Trinajstić information content (AvgIpc) is 2.66. The van der Waals surface area contributed by atoms with Crippen LogP contribution in [0.4, 0.5) is 0 Å². The Balaban J connectivity index is 0.00000128. The summed E-state index contributed by atoms with van der Waals surface area (Å²) in [5.74, 6) is 0.155. The third-order valence-corrected chi connectivity index (χ3v) is 3.14. The molecule has 4 heteroatoms. The second-order valence-electron chi connectivity index (χ2n) is 3.42. The van der Waals surface area contributed by atoms with E-state index in [1.54, 1.807) is 11.3 Å². The van der Waals surface area contributed by atoms with E-state index in [0.717, 1.165) is 11.3 Å². The first-order chi connectivity index (χ1) is 7.27. The Hall–Kier alpha value is -1.00. The van der Waals surface area contributed by atoms with E-state index in [4.69, 9.17) is 0 Å². The summed E-state index contributed by atoms with van der Waals surface area (Å²) < 4.78 is 1.97. The van der Waals surface area contributed by atoms with Crippen LogP contribution in [0.25, 0.3) is 0 Å². The lowest BCUT2D eigenvalue weighted by molar-refractivity contribution is -0.684. The highest BCUT2D eigenvalue weighted by molar-refractivity contribution is 8.93. The predicted molar refractivity (Wildman–Crippen MR) is 70.3 cm³/mol. The molecule has 1 aromatic carbocycles. The normalized spacial score (nSPS) is 9.56. The molecule has 0 N–H and O–H groups in total. The van der Waals surface area contributed by atoms with Crippen molar-refractivity contribution in [2.45, 2.75) is 13.5 Å². The number of thiazole rings is 1. The molecule has 0 radical (unpaired) electrons. The van der Waals surface area contributed by atoms with E-state index < -0.39 is 0 Å². The minimum absolute atomic E-state index is 0. The Labute approximate surface area is 109 Å². The van der Waals surface area contributed by atoms with Crippen LogP contribution in [0.3, 0.4) is 0 Å². The molecule has 0 fully saturated rings. The van der Waals surface area contributed by atoms with Gasteiger partial charge in [0.15, 0.2) is 5.69 Å². The first-order valence-electron chi connectivity index (χ1n) is 4.78. The zero-order valence-corrected chi connectivity index (χ0v) is 11.5. The van der Waals surface area contributed by atoms with Gasteiger partial charge in [-0.25, -0.2) is 0 Å². The number of carbonyl (C=O) groups is 1. The highest BCUT2D eigenvalue weighted by atomic mass is 79.9. The summed E-state index contributed by atoms with van der Waals surface area (Å²) in [5, 5.41) is 2.04. The third kappa shape index (κ3) is 3.00. The van der Waals surface area contributed by atoms with Crippen LogP contribution < -0.4 is 4.57 Å². The van der Waals surface area contributed by atoms with Crippen LogP contribution >= 0.6 is 28.3 Å². The predicted octanol–water partition coefficient (Wildman–Crippen LogP) is 2.80. The monoisotopic (exact) mass is 298 g/mol. The molecule has 0 bridgehead atoms. The minimum atomic E-state index is 0. The van der Waals surface area contributed by atoms with E-state index >= 15 is 0 Å². The Morgan fingerprint density at radius 1 is 1.31 bits per heavy atom. The lowest BCUT2D eigenvalue weighted by Gasteiger charge is -1.96. The number of nitrogens with zero attached hydrogens (tertiary/aromatic N) is 1. The summed E-state index contributed by atoms with van der Waals surface area (Å²) in [6.45, 7) is 2.44. The molecule has 0 amide bonds. The molecule has 0 aliphatic rings. The van der Waals surface area contributed by atoms with Gasteiger partial charge in [0.2, 0.25) is 17.8 Å². The fourth-order valence-electron chi connectivity index (χ4n) is 1.39. The summed E-state index contributed by atoms with van der Waals surface area (Å²) >= 11 is 1.61. The maximum atomic E-state index is 11.8. The fraction of sp³-hybridized carbons (Fsp3) is 0.167. The van der Waals surface area contributed by atoms with E-state index in [0.29, 0.717) is 6.54 Å². The zero-order valence-electron chi connectivity index (χ0n) is 8.92. The summed E-state index contributed by atoms with van der Waals surface area (Å²) in [4.78, 5) is 11.8. The van der Waals surface area contributed by atoms with Crippen molar-refractivity contribution < 1.29 is 9.36 Å². The third-order valence-electron chi connectivity index (χ3n) is 2.29. The highest BCUT2D eigenvalue weighted by Gasteiger charge is 2.14. The van der Waals surface area contributed by atoms with Crippen molar-refractivity contribution >= 4 is 34.1 Å². The standard InChI is InChI=1S/C12H12NOS.BrH/c1-10-8-15-9-13(10)7-12(14)11-5-3-2-4-6-11;/h2-6,8-9H,7H2,1H3;1H/q+1;. The number of rotatable bonds is 3. The summed E-state index contributed by atoms with van der Waals surface area (Å²) in [5.41, 5.74) is 3.87. The molecule has 0 saturated heterocycles. The molecular weight excluding hydrogens is 286 g/mol. The number of carbonyl (C=O) groups excluding carboxylic acids is 1. The first kappa shape index (κ1) is 13.1. The Kier molecular flexibility index (Phi) is 4.83. The van der Waals surface area contributed by atoms with Gasteiger partial charge in [0.05, 0.1) is 5.38 Å². The van der Waals surface area contributed by atoms with Crippen molar-refractivity contribution in [1.82, 2.24) is 0 Å². The SMILES string of the molecule is Br.Cc1csc[n+]1CC(=O)c1ccccc1. The van der Waals surface area contributed by atoms with Gasteiger partial charge in [0, 0.05) is 12.5 Å². The van der Waals surface area contributed by atoms with Crippen molar-refractivity contribution in [3.63, 3.8) is 0 Å². The molecule has 2 aromatic rings. The Bertz CT molecular complexity index is 467. The quantitative estimate of drug-likeness (QED) is 0.630. The number of hydrogen-bond donors (Lipinski definition) is 0. The summed E-state index contributed by atoms with van der Waals surface area (Å²) in [7, 11) is 0. The van der Waals surface area contributed by atoms with Crippen LogP contribution in [0.2, 0.25) is 0 Å². The van der Waals surface area contributed by atoms with Gasteiger partial charge in [-0.2, -0.15) is 4.57 Å². The molecular formula is C12H13BrNOS+. The molecule has 0 atom stereocenters. The van der Waals surface area contributed by atoms with Crippen molar-refractivity contribution in [1.29, 1.82) is 0 Å². The van der Waals surface area contributed by atoms with Gasteiger partial charge in [-0.15, -0.1) is 17.0 Å². The lowest BCUT2D eigenvalue weighted by atomic mass is 10.1.